The zero-order valence-electron chi connectivity index (χ0n) is 12.9. The van der Waals surface area contributed by atoms with Crippen molar-refractivity contribution in [1.82, 2.24) is 0 Å². The number of hydrogen-bond donors (Lipinski definition) is 1. The normalized spacial score (nSPS) is 13.8. The van der Waals surface area contributed by atoms with Crippen molar-refractivity contribution < 1.29 is 19.1 Å². The van der Waals surface area contributed by atoms with Gasteiger partial charge in [-0.25, -0.2) is 4.39 Å². The Kier molecular flexibility index (Phi) is 5.47. The van der Waals surface area contributed by atoms with Gasteiger partial charge < -0.3 is 10.0 Å². The third kappa shape index (κ3) is 3.80. The van der Waals surface area contributed by atoms with Crippen LogP contribution in [0.3, 0.4) is 0 Å². The van der Waals surface area contributed by atoms with Crippen LogP contribution in [-0.4, -0.2) is 23.5 Å². The highest BCUT2D eigenvalue weighted by molar-refractivity contribution is 5.96. The second-order valence-corrected chi connectivity index (χ2v) is 5.67. The fourth-order valence-corrected chi connectivity index (χ4v) is 2.06. The summed E-state index contributed by atoms with van der Waals surface area (Å²) in [5.41, 5.74) is -0.551. The van der Waals surface area contributed by atoms with E-state index in [9.17, 15) is 19.1 Å². The van der Waals surface area contributed by atoms with Crippen molar-refractivity contribution in [2.24, 2.45) is 11.3 Å². The smallest absolute Gasteiger partial charge is 0.310 e. The van der Waals surface area contributed by atoms with Crippen LogP contribution in [0.5, 0.6) is 0 Å². The minimum atomic E-state index is -1.12. The van der Waals surface area contributed by atoms with E-state index in [0.29, 0.717) is 12.2 Å². The van der Waals surface area contributed by atoms with Crippen LogP contribution in [0, 0.1) is 17.2 Å². The number of anilines is 1. The summed E-state index contributed by atoms with van der Waals surface area (Å²) in [5.74, 6) is -1.81. The molecule has 0 aromatic heterocycles. The summed E-state index contributed by atoms with van der Waals surface area (Å²) < 4.78 is 13.0. The minimum absolute atomic E-state index is 0.0920. The van der Waals surface area contributed by atoms with Crippen molar-refractivity contribution in [3.05, 3.63) is 30.1 Å². The lowest BCUT2D eigenvalue weighted by molar-refractivity contribution is -0.153. The zero-order chi connectivity index (χ0) is 16.2. The molecular formula is C16H22FNO3. The molecule has 5 heteroatoms. The number of hydrogen-bond acceptors (Lipinski definition) is 2. The van der Waals surface area contributed by atoms with Gasteiger partial charge in [-0.3, -0.25) is 9.59 Å². The van der Waals surface area contributed by atoms with E-state index < -0.39 is 11.4 Å². The highest BCUT2D eigenvalue weighted by atomic mass is 19.1. The number of carboxylic acids is 1. The summed E-state index contributed by atoms with van der Waals surface area (Å²) in [6.07, 6.45) is -0.0920. The van der Waals surface area contributed by atoms with Gasteiger partial charge in [0.15, 0.2) is 0 Å². The molecule has 0 bridgehead atoms. The Morgan fingerprint density at radius 1 is 1.29 bits per heavy atom. The molecule has 1 aromatic rings. The van der Waals surface area contributed by atoms with Crippen molar-refractivity contribution in [1.29, 1.82) is 0 Å². The van der Waals surface area contributed by atoms with Crippen molar-refractivity contribution in [3.63, 3.8) is 0 Å². The maximum absolute atomic E-state index is 13.0. The molecule has 0 radical (unpaired) electrons. The van der Waals surface area contributed by atoms with Crippen molar-refractivity contribution >= 4 is 17.6 Å². The Labute approximate surface area is 124 Å². The number of benzene rings is 1. The van der Waals surface area contributed by atoms with Crippen LogP contribution >= 0.6 is 0 Å². The van der Waals surface area contributed by atoms with E-state index in [1.807, 2.05) is 0 Å². The van der Waals surface area contributed by atoms with Crippen molar-refractivity contribution in [3.8, 4) is 0 Å². The van der Waals surface area contributed by atoms with Gasteiger partial charge in [0.1, 0.15) is 5.82 Å². The van der Waals surface area contributed by atoms with Gasteiger partial charge in [-0.2, -0.15) is 0 Å². The lowest BCUT2D eigenvalue weighted by Gasteiger charge is -2.31. The number of carboxylic acid groups (broad SMARTS) is 1. The Hall–Kier alpha value is -1.91. The Balaban J connectivity index is 2.99. The summed E-state index contributed by atoms with van der Waals surface area (Å²) in [6, 6.07) is 5.60. The zero-order valence-corrected chi connectivity index (χ0v) is 12.9. The van der Waals surface area contributed by atoms with Crippen LogP contribution in [-0.2, 0) is 9.59 Å². The Bertz CT molecular complexity index is 513. The third-order valence-electron chi connectivity index (χ3n) is 4.04. The van der Waals surface area contributed by atoms with E-state index in [0.717, 1.165) is 0 Å². The number of rotatable bonds is 6. The van der Waals surface area contributed by atoms with Crippen LogP contribution in [0.15, 0.2) is 24.3 Å². The first-order valence-electron chi connectivity index (χ1n) is 7.01. The minimum Gasteiger partial charge on any atom is -0.481 e. The molecule has 1 atom stereocenters. The summed E-state index contributed by atoms with van der Waals surface area (Å²) >= 11 is 0. The third-order valence-corrected chi connectivity index (χ3v) is 4.04. The fraction of sp³-hybridized carbons (Fsp3) is 0.500. The first-order valence-corrected chi connectivity index (χ1v) is 7.01. The molecule has 0 aliphatic heterocycles. The largest absolute Gasteiger partial charge is 0.481 e. The van der Waals surface area contributed by atoms with Gasteiger partial charge >= 0.3 is 5.97 Å². The molecule has 1 aromatic carbocycles. The second-order valence-electron chi connectivity index (χ2n) is 5.67. The maximum Gasteiger partial charge on any atom is 0.310 e. The summed E-state index contributed by atoms with van der Waals surface area (Å²) in [4.78, 5) is 25.4. The molecule has 0 fully saturated rings. The van der Waals surface area contributed by atoms with Crippen LogP contribution in [0.1, 0.15) is 34.1 Å². The number of aliphatic carboxylic acids is 1. The second kappa shape index (κ2) is 6.70. The van der Waals surface area contributed by atoms with Gasteiger partial charge in [0.05, 0.1) is 5.41 Å². The number of amides is 1. The highest BCUT2D eigenvalue weighted by Gasteiger charge is 2.39. The van der Waals surface area contributed by atoms with Crippen molar-refractivity contribution in [2.75, 3.05) is 11.4 Å². The summed E-state index contributed by atoms with van der Waals surface area (Å²) in [7, 11) is 0. The molecule has 0 heterocycles. The number of carbonyl (C=O) groups is 2. The van der Waals surface area contributed by atoms with E-state index in [4.69, 9.17) is 0 Å². The van der Waals surface area contributed by atoms with Gasteiger partial charge in [0, 0.05) is 18.7 Å². The molecule has 1 unspecified atom stereocenters. The average Bonchev–Trinajstić information content (AvgIpc) is 2.41. The maximum atomic E-state index is 13.0. The molecule has 116 valence electrons. The molecular weight excluding hydrogens is 273 g/mol. The standard InChI is InChI=1S/C16H22FNO3/c1-5-18(13-8-6-12(17)7-9-13)14(19)10-16(4,11(2)3)15(20)21/h6-9,11H,5,10H2,1-4H3,(H,20,21). The van der Waals surface area contributed by atoms with Crippen LogP contribution in [0.2, 0.25) is 0 Å². The summed E-state index contributed by atoms with van der Waals surface area (Å²) in [6.45, 7) is 7.36. The van der Waals surface area contributed by atoms with Crippen LogP contribution in [0.4, 0.5) is 10.1 Å². The van der Waals surface area contributed by atoms with Gasteiger partial charge in [-0.15, -0.1) is 0 Å². The molecule has 1 rings (SSSR count). The Morgan fingerprint density at radius 2 is 1.81 bits per heavy atom. The average molecular weight is 295 g/mol. The molecule has 1 N–H and O–H groups in total. The van der Waals surface area contributed by atoms with E-state index in [2.05, 4.69) is 0 Å². The predicted molar refractivity (Wildman–Crippen MR) is 79.6 cm³/mol. The van der Waals surface area contributed by atoms with Crippen LogP contribution in [0.25, 0.3) is 0 Å². The highest BCUT2D eigenvalue weighted by Crippen LogP contribution is 2.32. The quantitative estimate of drug-likeness (QED) is 0.876. The molecule has 4 nitrogen and oxygen atoms in total. The molecule has 0 aliphatic carbocycles. The van der Waals surface area contributed by atoms with E-state index >= 15 is 0 Å². The van der Waals surface area contributed by atoms with Gasteiger partial charge in [-0.05, 0) is 44.0 Å². The molecule has 0 aliphatic rings. The lowest BCUT2D eigenvalue weighted by atomic mass is 9.76. The molecule has 1 amide bonds. The number of nitrogens with zero attached hydrogens (tertiary/aromatic N) is 1. The molecule has 21 heavy (non-hydrogen) atoms. The Morgan fingerprint density at radius 3 is 2.19 bits per heavy atom. The van der Waals surface area contributed by atoms with E-state index in [1.54, 1.807) is 27.7 Å². The monoisotopic (exact) mass is 295 g/mol. The number of halogens is 1. The predicted octanol–water partition coefficient (Wildman–Crippen LogP) is 3.32. The van der Waals surface area contributed by atoms with Crippen molar-refractivity contribution in [2.45, 2.75) is 34.1 Å². The SMILES string of the molecule is CCN(C(=O)CC(C)(C(=O)O)C(C)C)c1ccc(F)cc1. The van der Waals surface area contributed by atoms with Crippen LogP contribution < -0.4 is 4.90 Å². The topological polar surface area (TPSA) is 57.6 Å². The fourth-order valence-electron chi connectivity index (χ4n) is 2.06. The van der Waals surface area contributed by atoms with Gasteiger partial charge in [-0.1, -0.05) is 13.8 Å². The molecule has 0 saturated heterocycles. The molecule has 0 spiro atoms. The first kappa shape index (κ1) is 17.1. The van der Waals surface area contributed by atoms with Gasteiger partial charge in [0.25, 0.3) is 0 Å². The van der Waals surface area contributed by atoms with E-state index in [1.165, 1.54) is 29.2 Å². The summed E-state index contributed by atoms with van der Waals surface area (Å²) in [5, 5.41) is 9.39. The lowest BCUT2D eigenvalue weighted by Crippen LogP contribution is -2.41. The van der Waals surface area contributed by atoms with E-state index in [-0.39, 0.29) is 24.1 Å². The first-order chi connectivity index (χ1) is 9.72. The molecule has 0 saturated carbocycles. The number of carbonyl (C=O) groups excluding carboxylic acids is 1. The van der Waals surface area contributed by atoms with Gasteiger partial charge in [0.2, 0.25) is 5.91 Å².